The molecule has 5 heteroatoms. The van der Waals surface area contributed by atoms with Gasteiger partial charge in [-0.1, -0.05) is 18.2 Å². The smallest absolute Gasteiger partial charge is 0.139 e. The Bertz CT molecular complexity index is 1070. The summed E-state index contributed by atoms with van der Waals surface area (Å²) in [5.74, 6) is 2.11. The summed E-state index contributed by atoms with van der Waals surface area (Å²) in [6.07, 6.45) is 12.3. The second-order valence-electron chi connectivity index (χ2n) is 7.39. The molecule has 5 nitrogen and oxygen atoms in total. The molecule has 4 aromatic rings. The van der Waals surface area contributed by atoms with Gasteiger partial charge < -0.3 is 9.13 Å². The Morgan fingerprint density at radius 3 is 2.54 bits per heavy atom. The fraction of sp³-hybridized carbons (Fsp3) is 0.286. The lowest BCUT2D eigenvalue weighted by Gasteiger charge is -2.19. The Morgan fingerprint density at radius 2 is 1.73 bits per heavy atom. The van der Waals surface area contributed by atoms with Gasteiger partial charge >= 0.3 is 0 Å². The summed E-state index contributed by atoms with van der Waals surface area (Å²) in [6, 6.07) is 10.5. The summed E-state index contributed by atoms with van der Waals surface area (Å²) in [5.41, 5.74) is 2.45. The fourth-order valence-corrected chi connectivity index (χ4v) is 3.74. The number of hydrogen-bond donors (Lipinski definition) is 0. The van der Waals surface area contributed by atoms with Crippen LogP contribution in [0.4, 0.5) is 0 Å². The fourth-order valence-electron chi connectivity index (χ4n) is 3.74. The van der Waals surface area contributed by atoms with E-state index in [2.05, 4.69) is 67.7 Å². The van der Waals surface area contributed by atoms with Crippen molar-refractivity contribution in [2.24, 2.45) is 5.41 Å². The van der Waals surface area contributed by atoms with Crippen LogP contribution >= 0.6 is 0 Å². The zero-order valence-electron chi connectivity index (χ0n) is 14.8. The molecule has 130 valence electrons. The molecule has 0 spiro atoms. The van der Waals surface area contributed by atoms with E-state index in [1.54, 1.807) is 0 Å². The van der Waals surface area contributed by atoms with Crippen LogP contribution in [0.25, 0.3) is 22.3 Å². The second kappa shape index (κ2) is 5.80. The molecule has 26 heavy (non-hydrogen) atoms. The van der Waals surface area contributed by atoms with E-state index in [1.165, 1.54) is 12.8 Å². The molecule has 1 fully saturated rings. The highest BCUT2D eigenvalue weighted by atomic mass is 15.1. The van der Waals surface area contributed by atoms with Gasteiger partial charge in [-0.05, 0) is 31.9 Å². The van der Waals surface area contributed by atoms with Gasteiger partial charge in [0, 0.05) is 60.4 Å². The van der Waals surface area contributed by atoms with Gasteiger partial charge in [-0.2, -0.15) is 0 Å². The lowest BCUT2D eigenvalue weighted by molar-refractivity contribution is 0.360. The molecular weight excluding hydrogens is 322 g/mol. The molecule has 1 aliphatic rings. The molecule has 5 rings (SSSR count). The lowest BCUT2D eigenvalue weighted by Crippen LogP contribution is -2.19. The van der Waals surface area contributed by atoms with Crippen molar-refractivity contribution >= 4 is 10.9 Å². The zero-order valence-corrected chi connectivity index (χ0v) is 14.8. The third kappa shape index (κ3) is 2.69. The standard InChI is InChI=1S/C21H21N5/c1-16-22-9-11-25(16)14-21(6-7-21)15-26-12-10-24-20(26)18-5-4-17-3-2-8-23-19(17)13-18/h2-5,8-13H,6-7,14-15H2,1H3. The highest BCUT2D eigenvalue weighted by Gasteiger charge is 2.43. The normalized spacial score (nSPS) is 15.4. The Hall–Kier alpha value is -2.95. The van der Waals surface area contributed by atoms with Crippen LogP contribution in [0.15, 0.2) is 61.3 Å². The summed E-state index contributed by atoms with van der Waals surface area (Å²) < 4.78 is 4.56. The molecule has 0 saturated heterocycles. The molecular formula is C21H21N5. The van der Waals surface area contributed by atoms with Crippen LogP contribution in [-0.4, -0.2) is 24.1 Å². The van der Waals surface area contributed by atoms with Gasteiger partial charge in [-0.15, -0.1) is 0 Å². The van der Waals surface area contributed by atoms with Gasteiger partial charge in [0.25, 0.3) is 0 Å². The first-order valence-electron chi connectivity index (χ1n) is 9.07. The molecule has 1 aromatic carbocycles. The molecule has 0 atom stereocenters. The summed E-state index contributed by atoms with van der Waals surface area (Å²) in [6.45, 7) is 4.08. The van der Waals surface area contributed by atoms with Crippen molar-refractivity contribution in [1.29, 1.82) is 0 Å². The van der Waals surface area contributed by atoms with Crippen molar-refractivity contribution in [3.8, 4) is 11.4 Å². The van der Waals surface area contributed by atoms with Crippen molar-refractivity contribution in [2.45, 2.75) is 32.9 Å². The monoisotopic (exact) mass is 343 g/mol. The first kappa shape index (κ1) is 15.3. The Kier molecular flexibility index (Phi) is 3.42. The molecule has 0 amide bonds. The van der Waals surface area contributed by atoms with Gasteiger partial charge in [0.15, 0.2) is 0 Å². The molecule has 0 bridgehead atoms. The maximum Gasteiger partial charge on any atom is 0.139 e. The van der Waals surface area contributed by atoms with Crippen LogP contribution in [0.3, 0.4) is 0 Å². The van der Waals surface area contributed by atoms with E-state index in [0.717, 1.165) is 41.2 Å². The number of benzene rings is 1. The summed E-state index contributed by atoms with van der Waals surface area (Å²) in [4.78, 5) is 13.5. The van der Waals surface area contributed by atoms with Gasteiger partial charge in [0.1, 0.15) is 11.6 Å². The average Bonchev–Trinajstić information content (AvgIpc) is 3.05. The van der Waals surface area contributed by atoms with Crippen LogP contribution in [0.5, 0.6) is 0 Å². The average molecular weight is 343 g/mol. The molecule has 3 aromatic heterocycles. The first-order chi connectivity index (χ1) is 12.7. The van der Waals surface area contributed by atoms with E-state index in [1.807, 2.05) is 24.7 Å². The molecule has 1 saturated carbocycles. The van der Waals surface area contributed by atoms with Crippen LogP contribution in [0.1, 0.15) is 18.7 Å². The van der Waals surface area contributed by atoms with Crippen molar-refractivity contribution < 1.29 is 0 Å². The van der Waals surface area contributed by atoms with E-state index < -0.39 is 0 Å². The minimum Gasteiger partial charge on any atom is -0.335 e. The topological polar surface area (TPSA) is 48.5 Å². The summed E-state index contributed by atoms with van der Waals surface area (Å²) in [5, 5.41) is 1.16. The van der Waals surface area contributed by atoms with Crippen LogP contribution in [0.2, 0.25) is 0 Å². The van der Waals surface area contributed by atoms with E-state index in [-0.39, 0.29) is 0 Å². The largest absolute Gasteiger partial charge is 0.335 e. The lowest BCUT2D eigenvalue weighted by atomic mass is 10.1. The van der Waals surface area contributed by atoms with Gasteiger partial charge in [0.2, 0.25) is 0 Å². The Balaban J connectivity index is 1.44. The Morgan fingerprint density at radius 1 is 0.923 bits per heavy atom. The minimum atomic E-state index is 0.315. The first-order valence-corrected chi connectivity index (χ1v) is 9.07. The quantitative estimate of drug-likeness (QED) is 0.548. The number of rotatable bonds is 5. The predicted octanol–water partition coefficient (Wildman–Crippen LogP) is 4.08. The van der Waals surface area contributed by atoms with Crippen molar-refractivity contribution in [2.75, 3.05) is 0 Å². The van der Waals surface area contributed by atoms with E-state index >= 15 is 0 Å². The Labute approximate surface area is 152 Å². The third-order valence-corrected chi connectivity index (χ3v) is 5.47. The van der Waals surface area contributed by atoms with Gasteiger partial charge in [0.05, 0.1) is 5.52 Å². The number of nitrogens with zero attached hydrogens (tertiary/aromatic N) is 5. The second-order valence-corrected chi connectivity index (χ2v) is 7.39. The van der Waals surface area contributed by atoms with E-state index in [0.29, 0.717) is 5.41 Å². The van der Waals surface area contributed by atoms with E-state index in [9.17, 15) is 0 Å². The highest BCUT2D eigenvalue weighted by molar-refractivity contribution is 5.82. The third-order valence-electron chi connectivity index (χ3n) is 5.47. The molecule has 3 heterocycles. The van der Waals surface area contributed by atoms with E-state index in [4.69, 9.17) is 0 Å². The van der Waals surface area contributed by atoms with Crippen molar-refractivity contribution in [3.05, 3.63) is 67.1 Å². The highest BCUT2D eigenvalue weighted by Crippen LogP contribution is 2.49. The minimum absolute atomic E-state index is 0.315. The molecule has 0 radical (unpaired) electrons. The van der Waals surface area contributed by atoms with Gasteiger partial charge in [-0.3, -0.25) is 4.98 Å². The van der Waals surface area contributed by atoms with Crippen molar-refractivity contribution in [1.82, 2.24) is 24.1 Å². The zero-order chi connectivity index (χ0) is 17.6. The van der Waals surface area contributed by atoms with Crippen LogP contribution in [0, 0.1) is 12.3 Å². The molecule has 0 unspecified atom stereocenters. The predicted molar refractivity (Wildman–Crippen MR) is 102 cm³/mol. The molecule has 0 aliphatic heterocycles. The van der Waals surface area contributed by atoms with Crippen LogP contribution in [-0.2, 0) is 13.1 Å². The number of aromatic nitrogens is 5. The molecule has 0 N–H and O–H groups in total. The number of pyridine rings is 1. The maximum atomic E-state index is 4.64. The van der Waals surface area contributed by atoms with Crippen molar-refractivity contribution in [3.63, 3.8) is 0 Å². The molecule has 1 aliphatic carbocycles. The maximum absolute atomic E-state index is 4.64. The SMILES string of the molecule is Cc1nccn1CC1(Cn2ccnc2-c2ccc3cccnc3c2)CC1. The summed E-state index contributed by atoms with van der Waals surface area (Å²) in [7, 11) is 0. The number of aryl methyl sites for hydroxylation is 1. The number of fused-ring (bicyclic) bond motifs is 1. The van der Waals surface area contributed by atoms with Crippen LogP contribution < -0.4 is 0 Å². The number of hydrogen-bond acceptors (Lipinski definition) is 3. The number of imidazole rings is 2. The summed E-state index contributed by atoms with van der Waals surface area (Å²) >= 11 is 0. The van der Waals surface area contributed by atoms with Gasteiger partial charge in [-0.25, -0.2) is 9.97 Å².